The second-order valence-corrected chi connectivity index (χ2v) is 7.50. The molecule has 5 heteroatoms. The number of thiophene rings is 1. The summed E-state index contributed by atoms with van der Waals surface area (Å²) in [6, 6.07) is 10.4. The summed E-state index contributed by atoms with van der Waals surface area (Å²) in [6.45, 7) is 3.58. The number of nitrogens with zero attached hydrogens (tertiary/aromatic N) is 1. The molecule has 0 spiro atoms. The van der Waals surface area contributed by atoms with Gasteiger partial charge in [-0.3, -0.25) is 9.69 Å². The molecule has 0 saturated carbocycles. The van der Waals surface area contributed by atoms with Crippen molar-refractivity contribution in [2.24, 2.45) is 0 Å². The van der Waals surface area contributed by atoms with Gasteiger partial charge >= 0.3 is 0 Å². The maximum Gasteiger partial charge on any atom is 0.238 e. The Balaban J connectivity index is 1.63. The standard InChI is InChI=1S/C16H17IN2OS/c1-11-14-6-8-21-15(14)5-7-19(11)10-16(20)18-13-4-2-3-12(17)9-13/h2-4,6,8-9,11H,5,7,10H2,1H3,(H,18,20)/t11-/m0/s1. The summed E-state index contributed by atoms with van der Waals surface area (Å²) in [7, 11) is 0. The zero-order valence-corrected chi connectivity index (χ0v) is 14.8. The van der Waals surface area contributed by atoms with Crippen LogP contribution in [-0.4, -0.2) is 23.9 Å². The fraction of sp³-hybridized carbons (Fsp3) is 0.312. The molecule has 1 aromatic carbocycles. The zero-order chi connectivity index (χ0) is 14.8. The van der Waals surface area contributed by atoms with Gasteiger partial charge in [-0.05, 0) is 71.1 Å². The van der Waals surface area contributed by atoms with Crippen LogP contribution in [0.1, 0.15) is 23.4 Å². The molecule has 0 radical (unpaired) electrons. The lowest BCUT2D eigenvalue weighted by Crippen LogP contribution is -2.39. The van der Waals surface area contributed by atoms with Gasteiger partial charge in [0.15, 0.2) is 0 Å². The van der Waals surface area contributed by atoms with E-state index in [0.717, 1.165) is 22.2 Å². The van der Waals surface area contributed by atoms with Gasteiger partial charge in [-0.2, -0.15) is 0 Å². The molecule has 0 unspecified atom stereocenters. The first kappa shape index (κ1) is 15.0. The van der Waals surface area contributed by atoms with Crippen molar-refractivity contribution in [3.8, 4) is 0 Å². The van der Waals surface area contributed by atoms with Crippen LogP contribution in [0, 0.1) is 3.57 Å². The van der Waals surface area contributed by atoms with Crippen LogP contribution in [0.25, 0.3) is 0 Å². The minimum absolute atomic E-state index is 0.0579. The van der Waals surface area contributed by atoms with Crippen LogP contribution < -0.4 is 5.32 Å². The first-order valence-electron chi connectivity index (χ1n) is 6.99. The molecule has 3 nitrogen and oxygen atoms in total. The van der Waals surface area contributed by atoms with Gasteiger partial charge in [-0.25, -0.2) is 0 Å². The van der Waals surface area contributed by atoms with Crippen LogP contribution in [0.3, 0.4) is 0 Å². The molecule has 1 N–H and O–H groups in total. The van der Waals surface area contributed by atoms with Crippen molar-refractivity contribution in [2.75, 3.05) is 18.4 Å². The maximum atomic E-state index is 12.2. The van der Waals surface area contributed by atoms with Crippen molar-refractivity contribution < 1.29 is 4.79 Å². The summed E-state index contributed by atoms with van der Waals surface area (Å²) in [5.41, 5.74) is 2.25. The third-order valence-corrected chi connectivity index (χ3v) is 5.53. The van der Waals surface area contributed by atoms with E-state index in [1.165, 1.54) is 10.4 Å². The van der Waals surface area contributed by atoms with Gasteiger partial charge in [0.2, 0.25) is 5.91 Å². The van der Waals surface area contributed by atoms with Gasteiger partial charge in [-0.1, -0.05) is 6.07 Å². The Hall–Kier alpha value is -0.920. The van der Waals surface area contributed by atoms with Gasteiger partial charge in [0.05, 0.1) is 6.54 Å². The molecule has 0 aliphatic carbocycles. The number of hydrogen-bond acceptors (Lipinski definition) is 3. The van der Waals surface area contributed by atoms with Crippen molar-refractivity contribution in [3.63, 3.8) is 0 Å². The number of rotatable bonds is 3. The van der Waals surface area contributed by atoms with E-state index in [0.29, 0.717) is 12.6 Å². The molecule has 1 aliphatic heterocycles. The van der Waals surface area contributed by atoms with E-state index in [9.17, 15) is 4.79 Å². The molecule has 0 bridgehead atoms. The quantitative estimate of drug-likeness (QED) is 0.776. The zero-order valence-electron chi connectivity index (χ0n) is 11.8. The number of nitrogens with one attached hydrogen (secondary N) is 1. The minimum Gasteiger partial charge on any atom is -0.325 e. The number of hydrogen-bond donors (Lipinski definition) is 1. The van der Waals surface area contributed by atoms with Crippen LogP contribution >= 0.6 is 33.9 Å². The number of fused-ring (bicyclic) bond motifs is 1. The fourth-order valence-electron chi connectivity index (χ4n) is 2.73. The summed E-state index contributed by atoms with van der Waals surface area (Å²) >= 11 is 4.08. The Bertz CT molecular complexity index is 655. The van der Waals surface area contributed by atoms with Crippen molar-refractivity contribution >= 4 is 45.5 Å². The number of benzene rings is 1. The molecule has 110 valence electrons. The smallest absolute Gasteiger partial charge is 0.238 e. The van der Waals surface area contributed by atoms with Crippen LogP contribution in [-0.2, 0) is 11.2 Å². The van der Waals surface area contributed by atoms with E-state index < -0.39 is 0 Å². The van der Waals surface area contributed by atoms with Crippen LogP contribution in [0.5, 0.6) is 0 Å². The summed E-state index contributed by atoms with van der Waals surface area (Å²) < 4.78 is 1.12. The van der Waals surface area contributed by atoms with Gasteiger partial charge in [0, 0.05) is 26.7 Å². The highest BCUT2D eigenvalue weighted by molar-refractivity contribution is 14.1. The molecule has 3 rings (SSSR count). The summed E-state index contributed by atoms with van der Waals surface area (Å²) in [6.07, 6.45) is 1.05. The Labute approximate surface area is 142 Å². The third kappa shape index (κ3) is 3.46. The summed E-state index contributed by atoms with van der Waals surface area (Å²) in [4.78, 5) is 16.0. The van der Waals surface area contributed by atoms with Gasteiger partial charge in [-0.15, -0.1) is 11.3 Å². The number of halogens is 1. The SMILES string of the molecule is C[C@H]1c2ccsc2CCN1CC(=O)Nc1cccc(I)c1. The molecule has 1 aliphatic rings. The maximum absolute atomic E-state index is 12.2. The minimum atomic E-state index is 0.0579. The highest BCUT2D eigenvalue weighted by atomic mass is 127. The highest BCUT2D eigenvalue weighted by Crippen LogP contribution is 2.32. The first-order valence-corrected chi connectivity index (χ1v) is 8.95. The molecule has 1 atom stereocenters. The molecule has 1 aromatic heterocycles. The topological polar surface area (TPSA) is 32.3 Å². The molecular formula is C16H17IN2OS. The van der Waals surface area contributed by atoms with E-state index in [4.69, 9.17) is 0 Å². The van der Waals surface area contributed by atoms with Crippen molar-refractivity contribution in [3.05, 3.63) is 49.7 Å². The highest BCUT2D eigenvalue weighted by Gasteiger charge is 2.26. The first-order chi connectivity index (χ1) is 10.1. The van der Waals surface area contributed by atoms with Crippen LogP contribution in [0.2, 0.25) is 0 Å². The molecule has 21 heavy (non-hydrogen) atoms. The number of amides is 1. The number of anilines is 1. The number of carbonyl (C=O) groups is 1. The summed E-state index contributed by atoms with van der Waals surface area (Å²) in [5, 5.41) is 5.14. The second-order valence-electron chi connectivity index (χ2n) is 5.25. The molecular weight excluding hydrogens is 395 g/mol. The van der Waals surface area contributed by atoms with Crippen LogP contribution in [0.4, 0.5) is 5.69 Å². The molecule has 2 heterocycles. The Morgan fingerprint density at radius 2 is 2.33 bits per heavy atom. The van der Waals surface area contributed by atoms with E-state index in [2.05, 4.69) is 51.2 Å². The second kappa shape index (κ2) is 6.46. The number of carbonyl (C=O) groups excluding carboxylic acids is 1. The lowest BCUT2D eigenvalue weighted by atomic mass is 10.0. The largest absolute Gasteiger partial charge is 0.325 e. The van der Waals surface area contributed by atoms with Crippen molar-refractivity contribution in [2.45, 2.75) is 19.4 Å². The fourth-order valence-corrected chi connectivity index (χ4v) is 4.23. The lowest BCUT2D eigenvalue weighted by molar-refractivity contribution is -0.117. The Kier molecular flexibility index (Phi) is 4.61. The average Bonchev–Trinajstić information content (AvgIpc) is 2.91. The Morgan fingerprint density at radius 1 is 1.48 bits per heavy atom. The monoisotopic (exact) mass is 412 g/mol. The predicted octanol–water partition coefficient (Wildman–Crippen LogP) is 3.91. The predicted molar refractivity (Wildman–Crippen MR) is 95.8 cm³/mol. The normalized spacial score (nSPS) is 18.3. The van der Waals surface area contributed by atoms with Crippen molar-refractivity contribution in [1.29, 1.82) is 0 Å². The summed E-state index contributed by atoms with van der Waals surface area (Å²) in [5.74, 6) is 0.0579. The van der Waals surface area contributed by atoms with Crippen molar-refractivity contribution in [1.82, 2.24) is 4.90 Å². The van der Waals surface area contributed by atoms with Gasteiger partial charge in [0.25, 0.3) is 0 Å². The third-order valence-electron chi connectivity index (χ3n) is 3.86. The van der Waals surface area contributed by atoms with E-state index in [1.807, 2.05) is 35.6 Å². The molecule has 0 saturated heterocycles. The molecule has 1 amide bonds. The lowest BCUT2D eigenvalue weighted by Gasteiger charge is -2.32. The van der Waals surface area contributed by atoms with Crippen LogP contribution in [0.15, 0.2) is 35.7 Å². The van der Waals surface area contributed by atoms with E-state index in [1.54, 1.807) is 0 Å². The van der Waals surface area contributed by atoms with E-state index in [-0.39, 0.29) is 5.91 Å². The molecule has 2 aromatic rings. The van der Waals surface area contributed by atoms with E-state index >= 15 is 0 Å². The molecule has 0 fully saturated rings. The Morgan fingerprint density at radius 3 is 3.14 bits per heavy atom. The average molecular weight is 412 g/mol. The van der Waals surface area contributed by atoms with Gasteiger partial charge < -0.3 is 5.32 Å². The van der Waals surface area contributed by atoms with Gasteiger partial charge in [0.1, 0.15) is 0 Å².